The first kappa shape index (κ1) is 24.4. The van der Waals surface area contributed by atoms with E-state index in [1.807, 2.05) is 70.2 Å². The number of hydrogen-bond donors (Lipinski definition) is 1. The van der Waals surface area contributed by atoms with Crippen molar-refractivity contribution in [2.75, 3.05) is 13.2 Å². The van der Waals surface area contributed by atoms with E-state index in [0.717, 1.165) is 35.1 Å². The van der Waals surface area contributed by atoms with Gasteiger partial charge in [0.2, 0.25) is 5.91 Å². The number of aryl methyl sites for hydroxylation is 3. The van der Waals surface area contributed by atoms with Gasteiger partial charge in [0.1, 0.15) is 11.8 Å². The Kier molecular flexibility index (Phi) is 9.57. The molecular formula is C26H36N2O3. The Hall–Kier alpha value is -2.82. The lowest BCUT2D eigenvalue weighted by molar-refractivity contribution is -0.143. The zero-order valence-corrected chi connectivity index (χ0v) is 19.5. The molecule has 2 aromatic rings. The van der Waals surface area contributed by atoms with E-state index in [0.29, 0.717) is 25.3 Å². The summed E-state index contributed by atoms with van der Waals surface area (Å²) in [6, 6.07) is 13.4. The van der Waals surface area contributed by atoms with Crippen LogP contribution >= 0.6 is 0 Å². The number of hydrogen-bond acceptors (Lipinski definition) is 3. The van der Waals surface area contributed by atoms with Crippen LogP contribution in [0, 0.1) is 20.8 Å². The predicted molar refractivity (Wildman–Crippen MR) is 125 cm³/mol. The molecule has 2 amide bonds. The fourth-order valence-electron chi connectivity index (χ4n) is 3.52. The Morgan fingerprint density at radius 1 is 1.03 bits per heavy atom. The third-order valence-corrected chi connectivity index (χ3v) is 5.35. The summed E-state index contributed by atoms with van der Waals surface area (Å²) in [6.45, 7) is 10.9. The van der Waals surface area contributed by atoms with Crippen LogP contribution in [0.15, 0.2) is 42.5 Å². The van der Waals surface area contributed by atoms with Gasteiger partial charge in [0.15, 0.2) is 6.61 Å². The Morgan fingerprint density at radius 2 is 1.77 bits per heavy atom. The summed E-state index contributed by atoms with van der Waals surface area (Å²) in [5.74, 6) is 0.396. The largest absolute Gasteiger partial charge is 0.483 e. The molecule has 5 heteroatoms. The summed E-state index contributed by atoms with van der Waals surface area (Å²) in [5.41, 5.74) is 4.18. The number of nitrogens with one attached hydrogen (secondary N) is 1. The summed E-state index contributed by atoms with van der Waals surface area (Å²) in [4.78, 5) is 27.8. The van der Waals surface area contributed by atoms with Gasteiger partial charge in [-0.1, -0.05) is 62.2 Å². The van der Waals surface area contributed by atoms with Crippen molar-refractivity contribution in [3.8, 4) is 5.75 Å². The van der Waals surface area contributed by atoms with E-state index in [1.54, 1.807) is 4.90 Å². The molecule has 0 aliphatic rings. The van der Waals surface area contributed by atoms with E-state index >= 15 is 0 Å². The lowest BCUT2D eigenvalue weighted by Crippen LogP contribution is -2.50. The molecule has 31 heavy (non-hydrogen) atoms. The van der Waals surface area contributed by atoms with Crippen LogP contribution in [-0.4, -0.2) is 35.9 Å². The highest BCUT2D eigenvalue weighted by molar-refractivity contribution is 5.88. The molecule has 0 fully saturated rings. The monoisotopic (exact) mass is 424 g/mol. The van der Waals surface area contributed by atoms with Crippen LogP contribution in [0.5, 0.6) is 5.75 Å². The topological polar surface area (TPSA) is 58.6 Å². The molecule has 0 aliphatic carbocycles. The van der Waals surface area contributed by atoms with Gasteiger partial charge >= 0.3 is 0 Å². The molecule has 2 rings (SSSR count). The Bertz CT molecular complexity index is 879. The molecule has 0 bridgehead atoms. The zero-order chi connectivity index (χ0) is 22.8. The average molecular weight is 425 g/mol. The molecule has 2 aromatic carbocycles. The third-order valence-electron chi connectivity index (χ3n) is 5.35. The molecule has 168 valence electrons. The van der Waals surface area contributed by atoms with Crippen LogP contribution in [0.2, 0.25) is 0 Å². The van der Waals surface area contributed by atoms with Gasteiger partial charge < -0.3 is 15.0 Å². The van der Waals surface area contributed by atoms with Crippen LogP contribution in [0.3, 0.4) is 0 Å². The Labute approximate surface area is 186 Å². The van der Waals surface area contributed by atoms with Gasteiger partial charge in [-0.05, 0) is 56.4 Å². The minimum Gasteiger partial charge on any atom is -0.483 e. The minimum absolute atomic E-state index is 0.102. The molecule has 0 heterocycles. The quantitative estimate of drug-likeness (QED) is 0.531. The van der Waals surface area contributed by atoms with Crippen molar-refractivity contribution in [1.82, 2.24) is 10.2 Å². The Morgan fingerprint density at radius 3 is 2.45 bits per heavy atom. The van der Waals surface area contributed by atoms with Crippen LogP contribution in [0.4, 0.5) is 0 Å². The number of benzene rings is 2. The lowest BCUT2D eigenvalue weighted by Gasteiger charge is -2.30. The molecule has 0 aromatic heterocycles. The highest BCUT2D eigenvalue weighted by Crippen LogP contribution is 2.20. The van der Waals surface area contributed by atoms with Gasteiger partial charge in [-0.2, -0.15) is 0 Å². The first-order valence-corrected chi connectivity index (χ1v) is 11.2. The van der Waals surface area contributed by atoms with E-state index in [4.69, 9.17) is 4.74 Å². The first-order chi connectivity index (χ1) is 14.8. The van der Waals surface area contributed by atoms with Gasteiger partial charge in [-0.25, -0.2) is 0 Å². The highest BCUT2D eigenvalue weighted by Gasteiger charge is 2.28. The van der Waals surface area contributed by atoms with Crippen LogP contribution < -0.4 is 10.1 Å². The van der Waals surface area contributed by atoms with E-state index in [-0.39, 0.29) is 18.4 Å². The number of rotatable bonds is 11. The van der Waals surface area contributed by atoms with E-state index in [2.05, 4.69) is 12.2 Å². The molecule has 0 saturated heterocycles. The number of nitrogens with zero attached hydrogens (tertiary/aromatic N) is 1. The average Bonchev–Trinajstić information content (AvgIpc) is 2.74. The minimum atomic E-state index is -0.535. The fraction of sp³-hybridized carbons (Fsp3) is 0.462. The van der Waals surface area contributed by atoms with Gasteiger partial charge in [0.25, 0.3) is 5.91 Å². The maximum absolute atomic E-state index is 13.3. The van der Waals surface area contributed by atoms with Crippen molar-refractivity contribution in [2.45, 2.75) is 66.5 Å². The molecule has 0 spiro atoms. The number of unbranched alkanes of at least 4 members (excludes halogenated alkanes) is 1. The number of amides is 2. The van der Waals surface area contributed by atoms with Crippen molar-refractivity contribution in [2.24, 2.45) is 0 Å². The number of ether oxygens (including phenoxy) is 1. The smallest absolute Gasteiger partial charge is 0.261 e. The zero-order valence-electron chi connectivity index (χ0n) is 19.5. The molecule has 0 radical (unpaired) electrons. The lowest BCUT2D eigenvalue weighted by atomic mass is 10.1. The highest BCUT2D eigenvalue weighted by atomic mass is 16.5. The van der Waals surface area contributed by atoms with Crippen molar-refractivity contribution >= 4 is 11.8 Å². The predicted octanol–water partition coefficient (Wildman–Crippen LogP) is 4.71. The van der Waals surface area contributed by atoms with Gasteiger partial charge in [-0.3, -0.25) is 9.59 Å². The molecule has 1 unspecified atom stereocenters. The summed E-state index contributed by atoms with van der Waals surface area (Å²) in [6.07, 6.45) is 2.47. The van der Waals surface area contributed by atoms with E-state index in [9.17, 15) is 9.59 Å². The second-order valence-corrected chi connectivity index (χ2v) is 8.14. The van der Waals surface area contributed by atoms with Crippen LogP contribution in [0.1, 0.15) is 55.4 Å². The second-order valence-electron chi connectivity index (χ2n) is 8.14. The molecule has 5 nitrogen and oxygen atoms in total. The summed E-state index contributed by atoms with van der Waals surface area (Å²) in [5, 5.41) is 2.98. The summed E-state index contributed by atoms with van der Waals surface area (Å²) >= 11 is 0. The molecule has 1 atom stereocenters. The van der Waals surface area contributed by atoms with Crippen molar-refractivity contribution < 1.29 is 14.3 Å². The Balaban J connectivity index is 2.21. The van der Waals surface area contributed by atoms with Crippen molar-refractivity contribution in [3.05, 3.63) is 64.7 Å². The molecule has 1 N–H and O–H groups in total. The number of carbonyl (C=O) groups is 2. The first-order valence-electron chi connectivity index (χ1n) is 11.2. The van der Waals surface area contributed by atoms with Gasteiger partial charge in [0.05, 0.1) is 0 Å². The van der Waals surface area contributed by atoms with Gasteiger partial charge in [-0.15, -0.1) is 0 Å². The molecular weight excluding hydrogens is 388 g/mol. The van der Waals surface area contributed by atoms with E-state index < -0.39 is 6.04 Å². The number of carbonyl (C=O) groups excluding carboxylic acids is 2. The normalized spacial score (nSPS) is 11.6. The standard InChI is InChI=1S/C26H36N2O3/c1-6-8-14-27-26(30)23(7-2)28(17-22-11-9-10-19(3)15-22)25(29)18-31-24-16-20(4)12-13-21(24)5/h9-13,15-16,23H,6-8,14,17-18H2,1-5H3,(H,27,30). The van der Waals surface area contributed by atoms with Crippen molar-refractivity contribution in [3.63, 3.8) is 0 Å². The van der Waals surface area contributed by atoms with Crippen molar-refractivity contribution in [1.29, 1.82) is 0 Å². The third kappa shape index (κ3) is 7.42. The van der Waals surface area contributed by atoms with E-state index in [1.165, 1.54) is 0 Å². The van der Waals surface area contributed by atoms with Gasteiger partial charge in [0, 0.05) is 13.1 Å². The maximum atomic E-state index is 13.3. The maximum Gasteiger partial charge on any atom is 0.261 e. The summed E-state index contributed by atoms with van der Waals surface area (Å²) in [7, 11) is 0. The summed E-state index contributed by atoms with van der Waals surface area (Å²) < 4.78 is 5.87. The molecule has 0 saturated carbocycles. The van der Waals surface area contributed by atoms with Crippen LogP contribution in [0.25, 0.3) is 0 Å². The fourth-order valence-corrected chi connectivity index (χ4v) is 3.52. The van der Waals surface area contributed by atoms with Crippen LogP contribution in [-0.2, 0) is 16.1 Å². The SMILES string of the molecule is CCCCNC(=O)C(CC)N(Cc1cccc(C)c1)C(=O)COc1cc(C)ccc1C. The molecule has 0 aliphatic heterocycles. The second kappa shape index (κ2) is 12.1.